The van der Waals surface area contributed by atoms with Gasteiger partial charge in [0.25, 0.3) is 5.91 Å². The number of nitrogens with two attached hydrogens (primary N) is 1. The second-order valence-electron chi connectivity index (χ2n) is 7.70. The summed E-state index contributed by atoms with van der Waals surface area (Å²) in [5, 5.41) is 6.90. The Morgan fingerprint density at radius 1 is 1.27 bits per heavy atom. The number of carbonyl (C=O) groups excluding carboxylic acids is 1. The van der Waals surface area contributed by atoms with Crippen LogP contribution in [0.4, 0.5) is 0 Å². The topological polar surface area (TPSA) is 119 Å². The Hall–Kier alpha value is -1.45. The van der Waals surface area contributed by atoms with Gasteiger partial charge in [-0.25, -0.2) is 8.42 Å². The van der Waals surface area contributed by atoms with Gasteiger partial charge < -0.3 is 15.6 Å². The van der Waals surface area contributed by atoms with E-state index in [1.54, 1.807) is 10.4 Å². The molecule has 3 aliphatic rings. The standard InChI is InChI=1S/C17H26N4O4S/c18-6-1-7-26(23,24)21-13-4-5-14(21)9-12(8-13)19-17(22)15-10-16(25-20-15)11-2-3-11/h10-14H,1-9,18H2,(H,19,22)/t12-,13+,14-. The van der Waals surface area contributed by atoms with Crippen molar-refractivity contribution < 1.29 is 17.7 Å². The Morgan fingerprint density at radius 2 is 1.96 bits per heavy atom. The highest BCUT2D eigenvalue weighted by molar-refractivity contribution is 7.89. The van der Waals surface area contributed by atoms with Gasteiger partial charge in [0, 0.05) is 30.1 Å². The summed E-state index contributed by atoms with van der Waals surface area (Å²) in [5.41, 5.74) is 5.78. The minimum absolute atomic E-state index is 0.0259. The Bertz CT molecular complexity index is 759. The predicted molar refractivity (Wildman–Crippen MR) is 95.1 cm³/mol. The van der Waals surface area contributed by atoms with Crippen LogP contribution in [0.15, 0.2) is 10.6 Å². The first kappa shape index (κ1) is 17.9. The Morgan fingerprint density at radius 3 is 2.58 bits per heavy atom. The van der Waals surface area contributed by atoms with Gasteiger partial charge in [-0.15, -0.1) is 0 Å². The van der Waals surface area contributed by atoms with Gasteiger partial charge in [-0.3, -0.25) is 4.79 Å². The molecule has 2 aliphatic heterocycles. The lowest BCUT2D eigenvalue weighted by molar-refractivity contribution is 0.0900. The summed E-state index contributed by atoms with van der Waals surface area (Å²) < 4.78 is 32.1. The predicted octanol–water partition coefficient (Wildman–Crippen LogP) is 0.956. The zero-order chi connectivity index (χ0) is 18.3. The fraction of sp³-hybridized carbons (Fsp3) is 0.765. The lowest BCUT2D eigenvalue weighted by atomic mass is 9.99. The van der Waals surface area contributed by atoms with Crippen LogP contribution in [0.3, 0.4) is 0 Å². The van der Waals surface area contributed by atoms with Gasteiger partial charge in [-0.1, -0.05) is 5.16 Å². The largest absolute Gasteiger partial charge is 0.360 e. The van der Waals surface area contributed by atoms with Gasteiger partial charge in [0.15, 0.2) is 5.69 Å². The van der Waals surface area contributed by atoms with Crippen LogP contribution in [0, 0.1) is 0 Å². The number of amides is 1. The van der Waals surface area contributed by atoms with E-state index in [0.717, 1.165) is 31.4 Å². The zero-order valence-corrected chi connectivity index (χ0v) is 15.6. The van der Waals surface area contributed by atoms with Gasteiger partial charge in [0.05, 0.1) is 5.75 Å². The Balaban J connectivity index is 1.38. The van der Waals surface area contributed by atoms with Crippen molar-refractivity contribution in [2.24, 2.45) is 5.73 Å². The van der Waals surface area contributed by atoms with Gasteiger partial charge in [-0.2, -0.15) is 4.31 Å². The molecule has 144 valence electrons. The van der Waals surface area contributed by atoms with Crippen LogP contribution in [-0.2, 0) is 10.0 Å². The Labute approximate surface area is 153 Å². The number of nitrogens with zero attached hydrogens (tertiary/aromatic N) is 2. The minimum atomic E-state index is -3.27. The molecule has 3 heterocycles. The molecule has 0 radical (unpaired) electrons. The van der Waals surface area contributed by atoms with E-state index in [0.29, 0.717) is 37.4 Å². The molecule has 1 aliphatic carbocycles. The maximum absolute atomic E-state index is 12.6. The summed E-state index contributed by atoms with van der Waals surface area (Å²) in [6.45, 7) is 0.377. The van der Waals surface area contributed by atoms with Crippen molar-refractivity contribution in [1.29, 1.82) is 0 Å². The normalized spacial score (nSPS) is 29.0. The van der Waals surface area contributed by atoms with E-state index in [-0.39, 0.29) is 29.8 Å². The fourth-order valence-corrected chi connectivity index (χ4v) is 6.33. The first-order chi connectivity index (χ1) is 12.5. The number of sulfonamides is 1. The highest BCUT2D eigenvalue weighted by Gasteiger charge is 2.46. The first-order valence-electron chi connectivity index (χ1n) is 9.46. The molecule has 3 fully saturated rings. The smallest absolute Gasteiger partial charge is 0.273 e. The highest BCUT2D eigenvalue weighted by Crippen LogP contribution is 2.40. The molecule has 8 nitrogen and oxygen atoms in total. The van der Waals surface area contributed by atoms with E-state index in [4.69, 9.17) is 10.3 Å². The molecule has 0 aromatic carbocycles. The Kier molecular flexibility index (Phi) is 4.79. The molecule has 2 saturated heterocycles. The second kappa shape index (κ2) is 6.94. The van der Waals surface area contributed by atoms with E-state index in [1.807, 2.05) is 0 Å². The third-order valence-electron chi connectivity index (χ3n) is 5.67. The summed E-state index contributed by atoms with van der Waals surface area (Å²) in [6.07, 6.45) is 5.68. The summed E-state index contributed by atoms with van der Waals surface area (Å²) in [6, 6.07) is 1.65. The van der Waals surface area contributed by atoms with Crippen LogP contribution in [-0.4, -0.2) is 54.2 Å². The van der Waals surface area contributed by atoms with Crippen molar-refractivity contribution in [1.82, 2.24) is 14.8 Å². The maximum atomic E-state index is 12.6. The van der Waals surface area contributed by atoms with Crippen LogP contribution >= 0.6 is 0 Å². The number of hydrogen-bond acceptors (Lipinski definition) is 6. The summed E-state index contributed by atoms with van der Waals surface area (Å²) in [5.74, 6) is 1.08. The molecule has 0 spiro atoms. The molecular weight excluding hydrogens is 356 g/mol. The lowest BCUT2D eigenvalue weighted by Gasteiger charge is -2.38. The average Bonchev–Trinajstić information content (AvgIpc) is 3.26. The third kappa shape index (κ3) is 3.52. The van der Waals surface area contributed by atoms with Crippen molar-refractivity contribution in [3.63, 3.8) is 0 Å². The number of carbonyl (C=O) groups is 1. The SMILES string of the molecule is NCCCS(=O)(=O)N1[C@@H]2CC[C@H]1C[C@@H](NC(=O)c1cc(C3CC3)on1)C2. The molecule has 9 heteroatoms. The molecule has 4 rings (SSSR count). The van der Waals surface area contributed by atoms with Crippen molar-refractivity contribution in [3.8, 4) is 0 Å². The summed E-state index contributed by atoms with van der Waals surface area (Å²) in [4.78, 5) is 12.4. The molecule has 1 amide bonds. The first-order valence-corrected chi connectivity index (χ1v) is 11.1. The van der Waals surface area contributed by atoms with E-state index >= 15 is 0 Å². The third-order valence-corrected chi connectivity index (χ3v) is 7.71. The number of aromatic nitrogens is 1. The van der Waals surface area contributed by atoms with Crippen LogP contribution in [0.25, 0.3) is 0 Å². The molecule has 0 unspecified atom stereocenters. The van der Waals surface area contributed by atoms with Crippen molar-refractivity contribution >= 4 is 15.9 Å². The number of fused-ring (bicyclic) bond motifs is 2. The number of piperidine rings is 1. The van der Waals surface area contributed by atoms with Crippen LogP contribution in [0.5, 0.6) is 0 Å². The van der Waals surface area contributed by atoms with E-state index < -0.39 is 10.0 Å². The minimum Gasteiger partial charge on any atom is -0.360 e. The maximum Gasteiger partial charge on any atom is 0.273 e. The molecule has 1 saturated carbocycles. The van der Waals surface area contributed by atoms with Gasteiger partial charge >= 0.3 is 0 Å². The van der Waals surface area contributed by atoms with E-state index in [9.17, 15) is 13.2 Å². The molecule has 26 heavy (non-hydrogen) atoms. The lowest BCUT2D eigenvalue weighted by Crippen LogP contribution is -2.53. The van der Waals surface area contributed by atoms with Crippen molar-refractivity contribution in [3.05, 3.63) is 17.5 Å². The van der Waals surface area contributed by atoms with Gasteiger partial charge in [0.1, 0.15) is 5.76 Å². The van der Waals surface area contributed by atoms with Crippen LogP contribution in [0.1, 0.15) is 67.1 Å². The molecular formula is C17H26N4O4S. The van der Waals surface area contributed by atoms with Gasteiger partial charge in [0.2, 0.25) is 10.0 Å². The highest BCUT2D eigenvalue weighted by atomic mass is 32.2. The summed E-state index contributed by atoms with van der Waals surface area (Å²) >= 11 is 0. The molecule has 3 N–H and O–H groups in total. The second-order valence-corrected chi connectivity index (χ2v) is 9.70. The average molecular weight is 382 g/mol. The number of nitrogens with one attached hydrogen (secondary N) is 1. The van der Waals surface area contributed by atoms with Crippen molar-refractivity contribution in [2.45, 2.75) is 69.0 Å². The molecule has 2 bridgehead atoms. The van der Waals surface area contributed by atoms with Crippen LogP contribution < -0.4 is 11.1 Å². The number of hydrogen-bond donors (Lipinski definition) is 2. The molecule has 1 aromatic heterocycles. The van der Waals surface area contributed by atoms with E-state index in [1.165, 1.54) is 0 Å². The monoisotopic (exact) mass is 382 g/mol. The van der Waals surface area contributed by atoms with Crippen molar-refractivity contribution in [2.75, 3.05) is 12.3 Å². The fourth-order valence-electron chi connectivity index (χ4n) is 4.29. The molecule has 3 atom stereocenters. The quantitative estimate of drug-likeness (QED) is 0.725. The number of rotatable bonds is 7. The molecule has 1 aromatic rings. The summed E-state index contributed by atoms with van der Waals surface area (Å²) in [7, 11) is -3.27. The zero-order valence-electron chi connectivity index (χ0n) is 14.8. The van der Waals surface area contributed by atoms with Crippen LogP contribution in [0.2, 0.25) is 0 Å². The van der Waals surface area contributed by atoms with E-state index in [2.05, 4.69) is 10.5 Å². The van der Waals surface area contributed by atoms with Gasteiger partial charge in [-0.05, 0) is 51.5 Å².